The number of halogens is 21. The monoisotopic (exact) mass is 996 g/mol. The zero-order valence-corrected chi connectivity index (χ0v) is 31.6. The zero-order chi connectivity index (χ0) is 45.4. The van der Waals surface area contributed by atoms with E-state index in [1.165, 1.54) is 11.1 Å². The van der Waals surface area contributed by atoms with E-state index >= 15 is 35.1 Å². The SMILES string of the molecule is Cc1cc([I+]c2cc(C)c(C)o2)oc1C.Fc1c(F)c(F)c([B-](c2c(F)c(F)c(F)c(F)c2F)(c2c(F)c(F)c(F)c(F)c2F)c2c(F)c(F)c(F)c(F)c2F)c(F)c1F. The quantitative estimate of drug-likeness (QED) is 0.0666. The third kappa shape index (κ3) is 6.96. The van der Waals surface area contributed by atoms with E-state index in [0.717, 1.165) is 19.1 Å². The molecular formula is C36H14BF20IO2. The molecule has 2 nitrogen and oxygen atoms in total. The van der Waals surface area contributed by atoms with Crippen molar-refractivity contribution in [3.63, 3.8) is 0 Å². The van der Waals surface area contributed by atoms with E-state index in [9.17, 15) is 52.7 Å². The van der Waals surface area contributed by atoms with Crippen LogP contribution in [0.4, 0.5) is 87.8 Å². The Balaban J connectivity index is 0.000000379. The standard InChI is InChI=1S/C24BF20.C12H14IO2/c26-5-1(6(27)14(35)21(42)13(5)34)25(2-7(28)15(36)22(43)16(37)8(2)29,3-9(30)17(38)23(44)18(39)10(3)31)4-11(32)19(40)24(45)20(41)12(4)33;1-7-5-11(14-9(7)3)13-12-6-8(2)10(4)15-12/h;5-6H,1-4H3/q-1;+1. The molecule has 0 fully saturated rings. The fourth-order valence-corrected chi connectivity index (χ4v) is 8.77. The van der Waals surface area contributed by atoms with Gasteiger partial charge < -0.3 is 8.83 Å². The topological polar surface area (TPSA) is 26.3 Å². The Labute approximate surface area is 331 Å². The fourth-order valence-electron chi connectivity index (χ4n) is 6.12. The minimum atomic E-state index is -7.22. The van der Waals surface area contributed by atoms with Gasteiger partial charge in [0.2, 0.25) is 0 Å². The van der Waals surface area contributed by atoms with Gasteiger partial charge in [-0.3, -0.25) is 0 Å². The summed E-state index contributed by atoms with van der Waals surface area (Å²) in [6.07, 6.45) is -7.22. The van der Waals surface area contributed by atoms with Gasteiger partial charge >= 0.3 is 28.7 Å². The van der Waals surface area contributed by atoms with Crippen LogP contribution in [0.15, 0.2) is 21.0 Å². The molecular weight excluding hydrogens is 982 g/mol. The van der Waals surface area contributed by atoms with Crippen LogP contribution in [-0.4, -0.2) is 6.15 Å². The summed E-state index contributed by atoms with van der Waals surface area (Å²) in [7, 11) is 0. The first-order chi connectivity index (χ1) is 27.8. The molecule has 0 unspecified atom stereocenters. The predicted molar refractivity (Wildman–Crippen MR) is 163 cm³/mol. The maximum absolute atomic E-state index is 15.4. The van der Waals surface area contributed by atoms with E-state index in [0.29, 0.717) is 0 Å². The van der Waals surface area contributed by atoms with E-state index in [-0.39, 0.29) is 21.2 Å². The Morgan fingerprint density at radius 2 is 0.467 bits per heavy atom. The van der Waals surface area contributed by atoms with Crippen molar-refractivity contribution in [2.24, 2.45) is 0 Å². The minimum absolute atomic E-state index is 0.297. The van der Waals surface area contributed by atoms with E-state index in [2.05, 4.69) is 26.0 Å². The molecule has 0 atom stereocenters. The van der Waals surface area contributed by atoms with Crippen molar-refractivity contribution in [3.05, 3.63) is 159 Å². The lowest BCUT2D eigenvalue weighted by atomic mass is 9.12. The van der Waals surface area contributed by atoms with Crippen molar-refractivity contribution >= 4 is 28.0 Å². The second kappa shape index (κ2) is 16.4. The van der Waals surface area contributed by atoms with Crippen molar-refractivity contribution in [1.82, 2.24) is 0 Å². The number of benzene rings is 4. The van der Waals surface area contributed by atoms with Crippen molar-refractivity contribution in [2.75, 3.05) is 0 Å². The molecule has 24 heteroatoms. The molecule has 0 bridgehead atoms. The average Bonchev–Trinajstić information content (AvgIpc) is 3.70. The van der Waals surface area contributed by atoms with Gasteiger partial charge in [-0.2, -0.15) is 0 Å². The van der Waals surface area contributed by atoms with Gasteiger partial charge in [-0.1, -0.05) is 0 Å². The average molecular weight is 996 g/mol. The molecule has 0 saturated carbocycles. The Morgan fingerprint density at radius 1 is 0.300 bits per heavy atom. The minimum Gasteiger partial charge on any atom is -0.423 e. The summed E-state index contributed by atoms with van der Waals surface area (Å²) in [6, 6.07) is 4.24. The molecule has 320 valence electrons. The molecule has 6 aromatic rings. The first kappa shape index (κ1) is 45.9. The molecule has 2 aromatic heterocycles. The summed E-state index contributed by atoms with van der Waals surface area (Å²) in [5, 5.41) is 0. The van der Waals surface area contributed by atoms with Gasteiger partial charge in [-0.15, -0.1) is 21.9 Å². The Hall–Kier alpha value is -5.17. The largest absolute Gasteiger partial charge is 0.443 e. The third-order valence-electron chi connectivity index (χ3n) is 9.17. The molecule has 6 rings (SSSR count). The molecule has 4 aromatic carbocycles. The summed E-state index contributed by atoms with van der Waals surface area (Å²) >= 11 is -0.297. The Kier molecular flexibility index (Phi) is 12.5. The van der Waals surface area contributed by atoms with E-state index in [1.54, 1.807) is 0 Å². The van der Waals surface area contributed by atoms with Crippen molar-refractivity contribution in [2.45, 2.75) is 27.7 Å². The number of hydrogen-bond acceptors (Lipinski definition) is 2. The first-order valence-corrected chi connectivity index (χ1v) is 17.9. The highest BCUT2D eigenvalue weighted by molar-refractivity contribution is 7.20. The second-order valence-corrected chi connectivity index (χ2v) is 15.1. The molecule has 0 N–H and O–H groups in total. The molecule has 0 radical (unpaired) electrons. The zero-order valence-electron chi connectivity index (χ0n) is 29.5. The van der Waals surface area contributed by atoms with Crippen molar-refractivity contribution in [1.29, 1.82) is 0 Å². The van der Waals surface area contributed by atoms with Gasteiger partial charge in [-0.25, -0.2) is 87.8 Å². The van der Waals surface area contributed by atoms with E-state index in [4.69, 9.17) is 8.83 Å². The highest BCUT2D eigenvalue weighted by atomic mass is 127. The number of hydrogen-bond donors (Lipinski definition) is 0. The van der Waals surface area contributed by atoms with Crippen LogP contribution in [0.2, 0.25) is 0 Å². The summed E-state index contributed by atoms with van der Waals surface area (Å²) in [4.78, 5) is 0. The van der Waals surface area contributed by atoms with Crippen molar-refractivity contribution in [3.8, 4) is 0 Å². The lowest BCUT2D eigenvalue weighted by molar-refractivity contribution is -0.636. The van der Waals surface area contributed by atoms with Gasteiger partial charge in [-0.05, 0) is 38.8 Å². The van der Waals surface area contributed by atoms with Crippen LogP contribution in [0.1, 0.15) is 22.6 Å². The Bertz CT molecular complexity index is 2280. The van der Waals surface area contributed by atoms with Crippen LogP contribution >= 0.6 is 0 Å². The number of aryl methyl sites for hydroxylation is 4. The summed E-state index contributed by atoms with van der Waals surface area (Å²) in [5.74, 6) is -69.4. The smallest absolute Gasteiger partial charge is 0.423 e. The maximum Gasteiger partial charge on any atom is 0.443 e. The molecule has 2 heterocycles. The predicted octanol–water partition coefficient (Wildman–Crippen LogP) is 6.08. The molecule has 60 heavy (non-hydrogen) atoms. The van der Waals surface area contributed by atoms with Crippen LogP contribution in [-0.2, 0) is 0 Å². The van der Waals surface area contributed by atoms with Gasteiger partial charge in [0, 0.05) is 12.1 Å². The highest BCUT2D eigenvalue weighted by Gasteiger charge is 2.52. The highest BCUT2D eigenvalue weighted by Crippen LogP contribution is 2.30. The summed E-state index contributed by atoms with van der Waals surface area (Å²) in [6.45, 7) is 8.15. The van der Waals surface area contributed by atoms with Gasteiger partial charge in [0.1, 0.15) is 64.2 Å². The summed E-state index contributed by atoms with van der Waals surface area (Å²) < 4.78 is 307. The van der Waals surface area contributed by atoms with Crippen LogP contribution in [0, 0.1) is 152 Å². The van der Waals surface area contributed by atoms with Crippen LogP contribution in [0.5, 0.6) is 0 Å². The van der Waals surface area contributed by atoms with E-state index in [1.807, 2.05) is 13.8 Å². The molecule has 0 spiro atoms. The van der Waals surface area contributed by atoms with Crippen molar-refractivity contribution < 1.29 is 118 Å². The Morgan fingerprint density at radius 3 is 0.617 bits per heavy atom. The number of rotatable bonds is 6. The molecule has 0 aliphatic rings. The second-order valence-electron chi connectivity index (χ2n) is 12.5. The lowest BCUT2D eigenvalue weighted by Gasteiger charge is -2.44. The molecule has 0 aliphatic heterocycles. The summed E-state index contributed by atoms with van der Waals surface area (Å²) in [5.41, 5.74) is -11.9. The molecule has 0 saturated heterocycles. The van der Waals surface area contributed by atoms with Crippen LogP contribution < -0.4 is 43.1 Å². The fraction of sp³-hybridized carbons (Fsp3) is 0.111. The first-order valence-electron chi connectivity index (χ1n) is 15.8. The number of furan rings is 2. The van der Waals surface area contributed by atoms with Crippen LogP contribution in [0.25, 0.3) is 0 Å². The van der Waals surface area contributed by atoms with E-state index < -0.39 is 144 Å². The molecule has 0 aliphatic carbocycles. The van der Waals surface area contributed by atoms with Crippen LogP contribution in [0.3, 0.4) is 0 Å². The van der Waals surface area contributed by atoms with Gasteiger partial charge in [0.25, 0.3) is 0 Å². The van der Waals surface area contributed by atoms with Gasteiger partial charge in [0.05, 0.1) is 0 Å². The van der Waals surface area contributed by atoms with Gasteiger partial charge in [0.15, 0.2) is 69.8 Å². The lowest BCUT2D eigenvalue weighted by Crippen LogP contribution is -3.61. The molecule has 0 amide bonds. The normalized spacial score (nSPS) is 11.7. The third-order valence-corrected chi connectivity index (χ3v) is 11.3. The maximum atomic E-state index is 15.4.